The van der Waals surface area contributed by atoms with Crippen LogP contribution >= 0.6 is 0 Å². The van der Waals surface area contributed by atoms with Crippen LogP contribution < -0.4 is 5.32 Å². The normalized spacial score (nSPS) is 20.7. The van der Waals surface area contributed by atoms with E-state index in [1.807, 2.05) is 13.0 Å². The van der Waals surface area contributed by atoms with Crippen molar-refractivity contribution < 1.29 is 12.8 Å². The van der Waals surface area contributed by atoms with Crippen molar-refractivity contribution >= 4 is 9.84 Å². The molecule has 5 heteroatoms. The predicted molar refractivity (Wildman–Crippen MR) is 78.9 cm³/mol. The zero-order valence-electron chi connectivity index (χ0n) is 11.8. The van der Waals surface area contributed by atoms with E-state index in [-0.39, 0.29) is 11.9 Å². The molecule has 1 aromatic rings. The van der Waals surface area contributed by atoms with Crippen LogP contribution in [0.3, 0.4) is 0 Å². The Labute approximate surface area is 120 Å². The molecular weight excluding hydrogens is 277 g/mol. The van der Waals surface area contributed by atoms with Crippen molar-refractivity contribution in [3.63, 3.8) is 0 Å². The molecule has 2 rings (SSSR count). The maximum atomic E-state index is 13.5. The van der Waals surface area contributed by atoms with Gasteiger partial charge in [-0.3, -0.25) is 0 Å². The van der Waals surface area contributed by atoms with Gasteiger partial charge in [0.1, 0.15) is 15.7 Å². The van der Waals surface area contributed by atoms with E-state index in [1.54, 1.807) is 12.1 Å². The molecule has 1 aromatic carbocycles. The summed E-state index contributed by atoms with van der Waals surface area (Å²) < 4.78 is 36.2. The second-order valence-electron chi connectivity index (χ2n) is 5.70. The fourth-order valence-electron chi connectivity index (χ4n) is 2.58. The highest BCUT2D eigenvalue weighted by atomic mass is 32.2. The first-order valence-electron chi connectivity index (χ1n) is 7.13. The summed E-state index contributed by atoms with van der Waals surface area (Å²) in [5, 5.41) is 3.39. The van der Waals surface area contributed by atoms with Gasteiger partial charge < -0.3 is 5.32 Å². The molecule has 1 saturated heterocycles. The molecule has 1 unspecified atom stereocenters. The Hall–Kier alpha value is -0.940. The molecule has 0 bridgehead atoms. The van der Waals surface area contributed by atoms with Crippen LogP contribution in [0.4, 0.5) is 4.39 Å². The first kappa shape index (κ1) is 15.4. The minimum atomic E-state index is -2.79. The molecule has 1 atom stereocenters. The van der Waals surface area contributed by atoms with Crippen LogP contribution in [0.2, 0.25) is 0 Å². The summed E-state index contributed by atoms with van der Waals surface area (Å²) in [6.45, 7) is 2.84. The SMILES string of the molecule is CC(Cc1ccccc1F)NCC1CCS(=O)(=O)CC1. The third-order valence-corrected chi connectivity index (χ3v) is 5.63. The largest absolute Gasteiger partial charge is 0.314 e. The first-order chi connectivity index (χ1) is 9.46. The van der Waals surface area contributed by atoms with Crippen molar-refractivity contribution in [1.82, 2.24) is 5.32 Å². The van der Waals surface area contributed by atoms with Crippen molar-refractivity contribution in [2.24, 2.45) is 5.92 Å². The highest BCUT2D eigenvalue weighted by molar-refractivity contribution is 7.91. The molecule has 20 heavy (non-hydrogen) atoms. The summed E-state index contributed by atoms with van der Waals surface area (Å²) in [5.41, 5.74) is 0.721. The lowest BCUT2D eigenvalue weighted by atomic mass is 10.0. The molecule has 112 valence electrons. The standard InChI is InChI=1S/C15H22FNO2S/c1-12(10-14-4-2-3-5-15(14)16)17-11-13-6-8-20(18,19)9-7-13/h2-5,12-13,17H,6-11H2,1H3. The van der Waals surface area contributed by atoms with Crippen molar-refractivity contribution in [1.29, 1.82) is 0 Å². The number of nitrogens with one attached hydrogen (secondary N) is 1. The van der Waals surface area contributed by atoms with Crippen LogP contribution in [0.5, 0.6) is 0 Å². The van der Waals surface area contributed by atoms with E-state index in [1.165, 1.54) is 6.07 Å². The number of rotatable bonds is 5. The smallest absolute Gasteiger partial charge is 0.150 e. The highest BCUT2D eigenvalue weighted by Crippen LogP contribution is 2.18. The van der Waals surface area contributed by atoms with Gasteiger partial charge in [0.2, 0.25) is 0 Å². The summed E-state index contributed by atoms with van der Waals surface area (Å²) in [6.07, 6.45) is 2.13. The third-order valence-electron chi connectivity index (χ3n) is 3.91. The Bertz CT molecular complexity index is 531. The molecule has 1 aliphatic heterocycles. The van der Waals surface area contributed by atoms with Gasteiger partial charge >= 0.3 is 0 Å². The zero-order valence-corrected chi connectivity index (χ0v) is 12.6. The molecule has 1 fully saturated rings. The van der Waals surface area contributed by atoms with Gasteiger partial charge in [-0.15, -0.1) is 0 Å². The number of halogens is 1. The summed E-state index contributed by atoms with van der Waals surface area (Å²) in [7, 11) is -2.79. The second-order valence-corrected chi connectivity index (χ2v) is 8.00. The number of hydrogen-bond acceptors (Lipinski definition) is 3. The number of hydrogen-bond donors (Lipinski definition) is 1. The van der Waals surface area contributed by atoms with Crippen LogP contribution in [0.1, 0.15) is 25.3 Å². The Kier molecular flexibility index (Phi) is 5.16. The number of benzene rings is 1. The van der Waals surface area contributed by atoms with Gasteiger partial charge in [0.25, 0.3) is 0 Å². The van der Waals surface area contributed by atoms with Gasteiger partial charge in [0, 0.05) is 6.04 Å². The second kappa shape index (κ2) is 6.68. The molecule has 0 aliphatic carbocycles. The quantitative estimate of drug-likeness (QED) is 0.906. The summed E-state index contributed by atoms with van der Waals surface area (Å²) in [4.78, 5) is 0. The third kappa shape index (κ3) is 4.56. The van der Waals surface area contributed by atoms with Gasteiger partial charge in [-0.2, -0.15) is 0 Å². The van der Waals surface area contributed by atoms with E-state index in [2.05, 4.69) is 5.32 Å². The molecule has 1 aliphatic rings. The molecular formula is C15H22FNO2S. The minimum absolute atomic E-state index is 0.162. The molecule has 1 heterocycles. The van der Waals surface area contributed by atoms with E-state index in [9.17, 15) is 12.8 Å². The Balaban J connectivity index is 1.76. The topological polar surface area (TPSA) is 46.2 Å². The number of sulfone groups is 1. The highest BCUT2D eigenvalue weighted by Gasteiger charge is 2.23. The monoisotopic (exact) mass is 299 g/mol. The molecule has 0 aromatic heterocycles. The lowest BCUT2D eigenvalue weighted by Gasteiger charge is -2.24. The Morgan fingerprint density at radius 1 is 1.30 bits per heavy atom. The van der Waals surface area contributed by atoms with Crippen LogP contribution in [-0.2, 0) is 16.3 Å². The van der Waals surface area contributed by atoms with Gasteiger partial charge in [-0.1, -0.05) is 18.2 Å². The van der Waals surface area contributed by atoms with E-state index >= 15 is 0 Å². The molecule has 0 amide bonds. The predicted octanol–water partition coefficient (Wildman–Crippen LogP) is 2.17. The van der Waals surface area contributed by atoms with Gasteiger partial charge in [0.05, 0.1) is 11.5 Å². The van der Waals surface area contributed by atoms with E-state index in [0.717, 1.165) is 24.9 Å². The van der Waals surface area contributed by atoms with Crippen LogP contribution in [-0.4, -0.2) is 32.5 Å². The molecule has 0 radical (unpaired) electrons. The first-order valence-corrected chi connectivity index (χ1v) is 8.95. The van der Waals surface area contributed by atoms with E-state index < -0.39 is 9.84 Å². The van der Waals surface area contributed by atoms with Crippen LogP contribution in [0, 0.1) is 11.7 Å². The van der Waals surface area contributed by atoms with Crippen molar-refractivity contribution in [2.75, 3.05) is 18.1 Å². The lowest BCUT2D eigenvalue weighted by Crippen LogP contribution is -2.36. The van der Waals surface area contributed by atoms with Gasteiger partial charge in [-0.05, 0) is 50.3 Å². The molecule has 1 N–H and O–H groups in total. The maximum Gasteiger partial charge on any atom is 0.150 e. The van der Waals surface area contributed by atoms with E-state index in [0.29, 0.717) is 23.8 Å². The average Bonchev–Trinajstić information content (AvgIpc) is 2.40. The summed E-state index contributed by atoms with van der Waals surface area (Å²) >= 11 is 0. The summed E-state index contributed by atoms with van der Waals surface area (Å²) in [5.74, 6) is 0.869. The Morgan fingerprint density at radius 3 is 2.60 bits per heavy atom. The molecule has 3 nitrogen and oxygen atoms in total. The fraction of sp³-hybridized carbons (Fsp3) is 0.600. The average molecular weight is 299 g/mol. The van der Waals surface area contributed by atoms with Crippen LogP contribution in [0.15, 0.2) is 24.3 Å². The van der Waals surface area contributed by atoms with Crippen molar-refractivity contribution in [3.05, 3.63) is 35.6 Å². The van der Waals surface area contributed by atoms with Crippen molar-refractivity contribution in [2.45, 2.75) is 32.2 Å². The minimum Gasteiger partial charge on any atom is -0.314 e. The maximum absolute atomic E-state index is 13.5. The fourth-order valence-corrected chi connectivity index (χ4v) is 4.17. The van der Waals surface area contributed by atoms with Gasteiger partial charge in [0.15, 0.2) is 0 Å². The van der Waals surface area contributed by atoms with Crippen LogP contribution in [0.25, 0.3) is 0 Å². The van der Waals surface area contributed by atoms with E-state index in [4.69, 9.17) is 0 Å². The molecule has 0 saturated carbocycles. The van der Waals surface area contributed by atoms with Crippen molar-refractivity contribution in [3.8, 4) is 0 Å². The Morgan fingerprint density at radius 2 is 1.95 bits per heavy atom. The zero-order chi connectivity index (χ0) is 14.6. The van der Waals surface area contributed by atoms with Gasteiger partial charge in [-0.25, -0.2) is 12.8 Å². The molecule has 0 spiro atoms. The summed E-state index contributed by atoms with van der Waals surface area (Å²) in [6, 6.07) is 7.01. The lowest BCUT2D eigenvalue weighted by molar-refractivity contribution is 0.403.